The van der Waals surface area contributed by atoms with Crippen molar-refractivity contribution in [2.45, 2.75) is 84.4 Å². The normalized spacial score (nSPS) is 16.8. The molecule has 18 heavy (non-hydrogen) atoms. The SMILES string of the molecule is CCCC(C)OCCCCC(C)(CO)NC(C)C. The van der Waals surface area contributed by atoms with E-state index in [-0.39, 0.29) is 12.1 Å². The molecule has 2 atom stereocenters. The van der Waals surface area contributed by atoms with E-state index < -0.39 is 0 Å². The second kappa shape index (κ2) is 9.76. The molecule has 3 nitrogen and oxygen atoms in total. The highest BCUT2D eigenvalue weighted by Gasteiger charge is 2.22. The van der Waals surface area contributed by atoms with Crippen LogP contribution >= 0.6 is 0 Å². The van der Waals surface area contributed by atoms with Crippen LogP contribution in [0.15, 0.2) is 0 Å². The molecule has 0 aromatic rings. The molecular weight excluding hydrogens is 226 g/mol. The Morgan fingerprint density at radius 2 is 1.89 bits per heavy atom. The Morgan fingerprint density at radius 1 is 1.22 bits per heavy atom. The molecule has 2 N–H and O–H groups in total. The summed E-state index contributed by atoms with van der Waals surface area (Å²) in [6.45, 7) is 11.7. The van der Waals surface area contributed by atoms with E-state index in [9.17, 15) is 5.11 Å². The van der Waals surface area contributed by atoms with Gasteiger partial charge in [-0.2, -0.15) is 0 Å². The van der Waals surface area contributed by atoms with Gasteiger partial charge in [0.2, 0.25) is 0 Å². The second-order valence-corrected chi connectivity index (χ2v) is 5.95. The van der Waals surface area contributed by atoms with Crippen LogP contribution in [-0.4, -0.2) is 36.0 Å². The molecule has 3 heteroatoms. The van der Waals surface area contributed by atoms with Crippen LogP contribution in [0.3, 0.4) is 0 Å². The topological polar surface area (TPSA) is 41.5 Å². The number of unbranched alkanes of at least 4 members (excludes halogenated alkanes) is 1. The predicted molar refractivity (Wildman–Crippen MR) is 77.9 cm³/mol. The van der Waals surface area contributed by atoms with Crippen LogP contribution in [0.4, 0.5) is 0 Å². The van der Waals surface area contributed by atoms with Gasteiger partial charge in [0, 0.05) is 18.2 Å². The Bertz CT molecular complexity index is 197. The third-order valence-corrected chi connectivity index (χ3v) is 3.21. The van der Waals surface area contributed by atoms with Crippen LogP contribution < -0.4 is 5.32 Å². The minimum atomic E-state index is -0.150. The first kappa shape index (κ1) is 17.9. The van der Waals surface area contributed by atoms with Crippen molar-refractivity contribution in [2.75, 3.05) is 13.2 Å². The summed E-state index contributed by atoms with van der Waals surface area (Å²) in [6, 6.07) is 0.406. The molecule has 0 bridgehead atoms. The summed E-state index contributed by atoms with van der Waals surface area (Å²) < 4.78 is 5.73. The average Bonchev–Trinajstić information content (AvgIpc) is 2.28. The van der Waals surface area contributed by atoms with Gasteiger partial charge in [-0.15, -0.1) is 0 Å². The number of hydrogen-bond acceptors (Lipinski definition) is 3. The van der Waals surface area contributed by atoms with Gasteiger partial charge >= 0.3 is 0 Å². The Balaban J connectivity index is 3.68. The lowest BCUT2D eigenvalue weighted by molar-refractivity contribution is 0.0549. The first-order valence-electron chi connectivity index (χ1n) is 7.43. The molecule has 0 radical (unpaired) electrons. The van der Waals surface area contributed by atoms with Gasteiger partial charge < -0.3 is 15.2 Å². The smallest absolute Gasteiger partial charge is 0.0610 e. The molecule has 0 aromatic carbocycles. The summed E-state index contributed by atoms with van der Waals surface area (Å²) in [5.74, 6) is 0. The molecule has 0 aliphatic rings. The van der Waals surface area contributed by atoms with E-state index in [4.69, 9.17) is 4.74 Å². The second-order valence-electron chi connectivity index (χ2n) is 5.95. The number of ether oxygens (including phenoxy) is 1. The maximum Gasteiger partial charge on any atom is 0.0610 e. The molecule has 0 amide bonds. The minimum absolute atomic E-state index is 0.150. The van der Waals surface area contributed by atoms with Gasteiger partial charge in [-0.25, -0.2) is 0 Å². The standard InChI is InChI=1S/C15H33NO2/c1-6-9-14(4)18-11-8-7-10-15(5,12-17)16-13(2)3/h13-14,16-17H,6-12H2,1-5H3. The highest BCUT2D eigenvalue weighted by molar-refractivity contribution is 4.83. The van der Waals surface area contributed by atoms with Crippen LogP contribution in [0.5, 0.6) is 0 Å². The molecule has 0 heterocycles. The van der Waals surface area contributed by atoms with Crippen LogP contribution in [0.2, 0.25) is 0 Å². The van der Waals surface area contributed by atoms with Gasteiger partial charge in [0.05, 0.1) is 12.7 Å². The average molecular weight is 259 g/mol. The van der Waals surface area contributed by atoms with Gasteiger partial charge in [-0.3, -0.25) is 0 Å². The Labute approximate surface area is 113 Å². The lowest BCUT2D eigenvalue weighted by Gasteiger charge is -2.31. The fraction of sp³-hybridized carbons (Fsp3) is 1.00. The van der Waals surface area contributed by atoms with Gasteiger partial charge in [0.15, 0.2) is 0 Å². The van der Waals surface area contributed by atoms with Crippen molar-refractivity contribution in [3.63, 3.8) is 0 Å². The summed E-state index contributed by atoms with van der Waals surface area (Å²) in [6.07, 6.45) is 5.87. The molecule has 0 saturated heterocycles. The van der Waals surface area contributed by atoms with Crippen molar-refractivity contribution in [3.8, 4) is 0 Å². The number of aliphatic hydroxyl groups excluding tert-OH is 1. The molecule has 110 valence electrons. The number of aliphatic hydroxyl groups is 1. The van der Waals surface area contributed by atoms with E-state index in [0.29, 0.717) is 12.1 Å². The summed E-state index contributed by atoms with van der Waals surface area (Å²) in [5.41, 5.74) is -0.150. The van der Waals surface area contributed by atoms with Gasteiger partial charge in [-0.05, 0) is 39.5 Å². The van der Waals surface area contributed by atoms with Crippen molar-refractivity contribution in [1.82, 2.24) is 5.32 Å². The lowest BCUT2D eigenvalue weighted by atomic mass is 9.95. The highest BCUT2D eigenvalue weighted by Crippen LogP contribution is 2.14. The fourth-order valence-electron chi connectivity index (χ4n) is 2.29. The minimum Gasteiger partial charge on any atom is -0.394 e. The van der Waals surface area contributed by atoms with E-state index >= 15 is 0 Å². The van der Waals surface area contributed by atoms with E-state index in [1.807, 2.05) is 0 Å². The summed E-state index contributed by atoms with van der Waals surface area (Å²) in [7, 11) is 0. The molecule has 0 aliphatic heterocycles. The zero-order valence-electron chi connectivity index (χ0n) is 13.0. The molecule has 0 aliphatic carbocycles. The third-order valence-electron chi connectivity index (χ3n) is 3.21. The van der Waals surface area contributed by atoms with E-state index in [0.717, 1.165) is 32.3 Å². The van der Waals surface area contributed by atoms with Crippen molar-refractivity contribution < 1.29 is 9.84 Å². The maximum absolute atomic E-state index is 9.46. The first-order chi connectivity index (χ1) is 8.43. The zero-order valence-corrected chi connectivity index (χ0v) is 13.0. The van der Waals surface area contributed by atoms with Crippen molar-refractivity contribution in [1.29, 1.82) is 0 Å². The molecule has 2 unspecified atom stereocenters. The quantitative estimate of drug-likeness (QED) is 0.560. The monoisotopic (exact) mass is 259 g/mol. The largest absolute Gasteiger partial charge is 0.394 e. The van der Waals surface area contributed by atoms with Crippen LogP contribution in [-0.2, 0) is 4.74 Å². The third kappa shape index (κ3) is 8.90. The van der Waals surface area contributed by atoms with Crippen LogP contribution in [0, 0.1) is 0 Å². The van der Waals surface area contributed by atoms with Crippen LogP contribution in [0.1, 0.15) is 66.7 Å². The molecule has 0 aromatic heterocycles. The number of nitrogens with one attached hydrogen (secondary N) is 1. The first-order valence-corrected chi connectivity index (χ1v) is 7.43. The number of rotatable bonds is 11. The summed E-state index contributed by atoms with van der Waals surface area (Å²) >= 11 is 0. The molecule has 0 fully saturated rings. The van der Waals surface area contributed by atoms with Gasteiger partial charge in [0.1, 0.15) is 0 Å². The number of hydrogen-bond donors (Lipinski definition) is 2. The van der Waals surface area contributed by atoms with Crippen molar-refractivity contribution in [3.05, 3.63) is 0 Å². The molecule has 0 saturated carbocycles. The predicted octanol–water partition coefficient (Wildman–Crippen LogP) is 3.11. The van der Waals surface area contributed by atoms with Crippen molar-refractivity contribution >= 4 is 0 Å². The molecule has 0 spiro atoms. The van der Waals surface area contributed by atoms with Crippen LogP contribution in [0.25, 0.3) is 0 Å². The van der Waals surface area contributed by atoms with E-state index in [2.05, 4.69) is 39.9 Å². The maximum atomic E-state index is 9.46. The fourth-order valence-corrected chi connectivity index (χ4v) is 2.29. The summed E-state index contributed by atoms with van der Waals surface area (Å²) in [5, 5.41) is 12.9. The molecule has 0 rings (SSSR count). The van der Waals surface area contributed by atoms with E-state index in [1.165, 1.54) is 6.42 Å². The van der Waals surface area contributed by atoms with Crippen molar-refractivity contribution in [2.24, 2.45) is 0 Å². The molecular formula is C15H33NO2. The summed E-state index contributed by atoms with van der Waals surface area (Å²) in [4.78, 5) is 0. The lowest BCUT2D eigenvalue weighted by Crippen LogP contribution is -2.49. The van der Waals surface area contributed by atoms with E-state index in [1.54, 1.807) is 0 Å². The Hall–Kier alpha value is -0.120. The van der Waals surface area contributed by atoms with Gasteiger partial charge in [0.25, 0.3) is 0 Å². The van der Waals surface area contributed by atoms with Gasteiger partial charge in [-0.1, -0.05) is 27.2 Å². The highest BCUT2D eigenvalue weighted by atomic mass is 16.5. The Morgan fingerprint density at radius 3 is 2.39 bits per heavy atom. The zero-order chi connectivity index (χ0) is 14.0. The Kier molecular flexibility index (Phi) is 9.70.